The summed E-state index contributed by atoms with van der Waals surface area (Å²) in [6, 6.07) is 0. The summed E-state index contributed by atoms with van der Waals surface area (Å²) in [6.45, 7) is 2.53. The van der Waals surface area contributed by atoms with Gasteiger partial charge in [0.05, 0.1) is 6.61 Å². The van der Waals surface area contributed by atoms with Gasteiger partial charge in [-0.15, -0.1) is 10.2 Å². The van der Waals surface area contributed by atoms with Crippen LogP contribution >= 0.6 is 23.5 Å². The van der Waals surface area contributed by atoms with E-state index in [0.717, 1.165) is 12.8 Å². The Morgan fingerprint density at radius 2 is 2.19 bits per heavy atom. The molecule has 0 spiro atoms. The molecule has 1 aromatic rings. The number of carbonyl (C=O) groups is 1. The van der Waals surface area contributed by atoms with Crippen LogP contribution in [0.1, 0.15) is 19.8 Å². The lowest BCUT2D eigenvalue weighted by atomic mass is 10.4. The van der Waals surface area contributed by atoms with Crippen molar-refractivity contribution in [1.29, 1.82) is 0 Å². The number of thioether (sulfide) groups is 2. The van der Waals surface area contributed by atoms with E-state index in [0.29, 0.717) is 17.1 Å². The highest BCUT2D eigenvalue weighted by molar-refractivity contribution is 7.99. The van der Waals surface area contributed by atoms with Gasteiger partial charge in [-0.05, 0) is 12.7 Å². The van der Waals surface area contributed by atoms with Crippen LogP contribution in [0.2, 0.25) is 0 Å². The van der Waals surface area contributed by atoms with Gasteiger partial charge in [-0.25, -0.2) is 0 Å². The first-order chi connectivity index (χ1) is 7.76. The maximum atomic E-state index is 11.2. The van der Waals surface area contributed by atoms with Gasteiger partial charge in [-0.3, -0.25) is 4.79 Å². The van der Waals surface area contributed by atoms with E-state index < -0.39 is 0 Å². The van der Waals surface area contributed by atoms with Crippen molar-refractivity contribution < 1.29 is 13.9 Å². The molecule has 0 saturated carbocycles. The molecular weight excluding hydrogens is 248 g/mol. The summed E-state index contributed by atoms with van der Waals surface area (Å²) in [5.74, 6) is -0.0398. The van der Waals surface area contributed by atoms with Crippen molar-refractivity contribution in [3.63, 3.8) is 0 Å². The Kier molecular flexibility index (Phi) is 6.32. The minimum absolute atomic E-state index is 0.208. The Morgan fingerprint density at radius 3 is 2.81 bits per heavy atom. The lowest BCUT2D eigenvalue weighted by Gasteiger charge is -2.01. The maximum absolute atomic E-state index is 11.2. The highest BCUT2D eigenvalue weighted by Gasteiger charge is 2.09. The molecule has 0 aliphatic carbocycles. The van der Waals surface area contributed by atoms with Crippen LogP contribution in [-0.2, 0) is 9.53 Å². The lowest BCUT2D eigenvalue weighted by Crippen LogP contribution is -2.08. The molecule has 0 atom stereocenters. The van der Waals surface area contributed by atoms with Crippen LogP contribution in [0.3, 0.4) is 0 Å². The Bertz CT molecular complexity index is 330. The second-order valence-electron chi connectivity index (χ2n) is 2.90. The van der Waals surface area contributed by atoms with E-state index in [2.05, 4.69) is 10.2 Å². The molecule has 0 bridgehead atoms. The van der Waals surface area contributed by atoms with E-state index in [1.54, 1.807) is 0 Å². The number of nitrogens with zero attached hydrogens (tertiary/aromatic N) is 2. The fourth-order valence-electron chi connectivity index (χ4n) is 0.831. The molecule has 1 rings (SSSR count). The second-order valence-corrected chi connectivity index (χ2v) is 4.58. The molecule has 0 aliphatic heterocycles. The van der Waals surface area contributed by atoms with Gasteiger partial charge in [0, 0.05) is 0 Å². The first kappa shape index (κ1) is 13.4. The van der Waals surface area contributed by atoms with Gasteiger partial charge < -0.3 is 9.15 Å². The minimum Gasteiger partial charge on any atom is -0.465 e. The van der Waals surface area contributed by atoms with Crippen LogP contribution in [-0.4, -0.2) is 34.8 Å². The number of unbranched alkanes of at least 4 members (excludes halogenated alkanes) is 1. The van der Waals surface area contributed by atoms with Crippen molar-refractivity contribution in [2.75, 3.05) is 18.6 Å². The zero-order valence-electron chi connectivity index (χ0n) is 9.26. The average Bonchev–Trinajstić information content (AvgIpc) is 2.74. The van der Waals surface area contributed by atoms with Gasteiger partial charge in [0.1, 0.15) is 5.75 Å². The molecule has 90 valence electrons. The molecule has 1 heterocycles. The second kappa shape index (κ2) is 7.56. The normalized spacial score (nSPS) is 10.4. The third-order valence-corrected chi connectivity index (χ3v) is 2.94. The molecule has 0 saturated heterocycles. The highest BCUT2D eigenvalue weighted by atomic mass is 32.2. The van der Waals surface area contributed by atoms with Crippen molar-refractivity contribution in [2.24, 2.45) is 0 Å². The van der Waals surface area contributed by atoms with E-state index in [1.807, 2.05) is 13.2 Å². The Labute approximate surface area is 103 Å². The molecule has 1 aromatic heterocycles. The lowest BCUT2D eigenvalue weighted by molar-refractivity contribution is -0.140. The predicted molar refractivity (Wildman–Crippen MR) is 62.7 cm³/mol. The number of hydrogen-bond donors (Lipinski definition) is 0. The number of ether oxygens (including phenoxy) is 1. The topological polar surface area (TPSA) is 65.2 Å². The Balaban J connectivity index is 2.20. The van der Waals surface area contributed by atoms with Crippen LogP contribution < -0.4 is 0 Å². The number of hydrogen-bond acceptors (Lipinski definition) is 7. The van der Waals surface area contributed by atoms with Crippen molar-refractivity contribution in [2.45, 2.75) is 30.2 Å². The standard InChI is InChI=1S/C9H14N2O3S2/c1-3-4-5-13-7(12)6-16-9-11-10-8(14-9)15-2/h3-6H2,1-2H3. The molecule has 0 N–H and O–H groups in total. The van der Waals surface area contributed by atoms with Crippen molar-refractivity contribution in [1.82, 2.24) is 10.2 Å². The summed E-state index contributed by atoms with van der Waals surface area (Å²) in [5.41, 5.74) is 0. The van der Waals surface area contributed by atoms with Crippen molar-refractivity contribution >= 4 is 29.5 Å². The number of esters is 1. The Hall–Kier alpha value is -0.690. The van der Waals surface area contributed by atoms with E-state index in [9.17, 15) is 4.79 Å². The summed E-state index contributed by atoms with van der Waals surface area (Å²) in [5, 5.41) is 8.44. The maximum Gasteiger partial charge on any atom is 0.316 e. The largest absolute Gasteiger partial charge is 0.465 e. The SMILES string of the molecule is CCCCOC(=O)CSc1nnc(SC)o1. The molecule has 0 radical (unpaired) electrons. The van der Waals surface area contributed by atoms with Gasteiger partial charge in [-0.1, -0.05) is 36.9 Å². The van der Waals surface area contributed by atoms with E-state index in [1.165, 1.54) is 23.5 Å². The monoisotopic (exact) mass is 262 g/mol. The summed E-state index contributed by atoms with van der Waals surface area (Å²) in [4.78, 5) is 11.2. The molecule has 0 unspecified atom stereocenters. The minimum atomic E-state index is -0.248. The molecule has 0 fully saturated rings. The van der Waals surface area contributed by atoms with Crippen molar-refractivity contribution in [3.8, 4) is 0 Å². The Morgan fingerprint density at radius 1 is 1.44 bits per heavy atom. The highest BCUT2D eigenvalue weighted by Crippen LogP contribution is 2.20. The number of carbonyl (C=O) groups excluding carboxylic acids is 1. The van der Waals surface area contributed by atoms with Gasteiger partial charge in [0.15, 0.2) is 0 Å². The van der Waals surface area contributed by atoms with Crippen LogP contribution in [0.4, 0.5) is 0 Å². The molecule has 16 heavy (non-hydrogen) atoms. The van der Waals surface area contributed by atoms with Gasteiger partial charge >= 0.3 is 5.97 Å². The number of rotatable bonds is 7. The van der Waals surface area contributed by atoms with Crippen molar-refractivity contribution in [3.05, 3.63) is 0 Å². The third kappa shape index (κ3) is 4.89. The molecule has 5 nitrogen and oxygen atoms in total. The smallest absolute Gasteiger partial charge is 0.316 e. The first-order valence-electron chi connectivity index (χ1n) is 4.92. The average molecular weight is 262 g/mol. The fraction of sp³-hybridized carbons (Fsp3) is 0.667. The summed E-state index contributed by atoms with van der Waals surface area (Å²) in [7, 11) is 0. The summed E-state index contributed by atoms with van der Waals surface area (Å²) >= 11 is 2.57. The van der Waals surface area contributed by atoms with Gasteiger partial charge in [0.2, 0.25) is 0 Å². The third-order valence-electron chi connectivity index (χ3n) is 1.64. The fourth-order valence-corrected chi connectivity index (χ4v) is 1.73. The summed E-state index contributed by atoms with van der Waals surface area (Å²) in [6.07, 6.45) is 3.76. The van der Waals surface area contributed by atoms with Crippen LogP contribution in [0.5, 0.6) is 0 Å². The molecule has 0 aromatic carbocycles. The number of aromatic nitrogens is 2. The van der Waals surface area contributed by atoms with Crippen LogP contribution in [0.15, 0.2) is 14.9 Å². The molecule has 0 aliphatic rings. The van der Waals surface area contributed by atoms with Gasteiger partial charge in [0.25, 0.3) is 10.4 Å². The van der Waals surface area contributed by atoms with E-state index >= 15 is 0 Å². The van der Waals surface area contributed by atoms with Gasteiger partial charge in [-0.2, -0.15) is 0 Å². The van der Waals surface area contributed by atoms with Crippen LogP contribution in [0.25, 0.3) is 0 Å². The van der Waals surface area contributed by atoms with Crippen LogP contribution in [0, 0.1) is 0 Å². The van der Waals surface area contributed by atoms with E-state index in [-0.39, 0.29) is 11.7 Å². The zero-order valence-corrected chi connectivity index (χ0v) is 10.9. The summed E-state index contributed by atoms with van der Waals surface area (Å²) < 4.78 is 10.2. The molecular formula is C9H14N2O3S2. The molecule has 7 heteroatoms. The zero-order chi connectivity index (χ0) is 11.8. The quantitative estimate of drug-likeness (QED) is 0.424. The van der Waals surface area contributed by atoms with E-state index in [4.69, 9.17) is 9.15 Å². The molecule has 0 amide bonds. The first-order valence-corrected chi connectivity index (χ1v) is 7.13. The predicted octanol–water partition coefficient (Wildman–Crippen LogP) is 2.23.